The summed E-state index contributed by atoms with van der Waals surface area (Å²) >= 11 is 7.42. The molecular weight excluding hydrogens is 302 g/mol. The highest BCUT2D eigenvalue weighted by molar-refractivity contribution is 7.14. The lowest BCUT2D eigenvalue weighted by Gasteiger charge is -2.08. The molecule has 1 aromatic heterocycles. The summed E-state index contributed by atoms with van der Waals surface area (Å²) in [6, 6.07) is 10.1. The summed E-state index contributed by atoms with van der Waals surface area (Å²) in [6.07, 6.45) is 4.76. The summed E-state index contributed by atoms with van der Waals surface area (Å²) in [5.41, 5.74) is 3.57. The number of hydrogen-bond donors (Lipinski definition) is 1. The van der Waals surface area contributed by atoms with Crippen LogP contribution in [-0.2, 0) is 25.3 Å². The third kappa shape index (κ3) is 3.47. The predicted octanol–water partition coefficient (Wildman–Crippen LogP) is 4.30. The summed E-state index contributed by atoms with van der Waals surface area (Å²) in [7, 11) is 0. The minimum Gasteiger partial charge on any atom is -0.347 e. The fourth-order valence-electron chi connectivity index (χ4n) is 2.62. The number of carbonyl (C=O) groups excluding carboxylic acids is 1. The molecule has 21 heavy (non-hydrogen) atoms. The number of rotatable bonds is 4. The van der Waals surface area contributed by atoms with Crippen molar-refractivity contribution < 1.29 is 4.79 Å². The summed E-state index contributed by atoms with van der Waals surface area (Å²) in [5.74, 6) is 0.559. The molecule has 4 heteroatoms. The maximum atomic E-state index is 12.2. The fraction of sp³-hybridized carbons (Fsp3) is 0.353. The van der Waals surface area contributed by atoms with Crippen LogP contribution in [0.15, 0.2) is 30.3 Å². The van der Waals surface area contributed by atoms with Crippen LogP contribution in [0.4, 0.5) is 0 Å². The first-order valence-electron chi connectivity index (χ1n) is 7.30. The molecule has 1 aliphatic rings. The van der Waals surface area contributed by atoms with E-state index in [-0.39, 0.29) is 5.91 Å². The summed E-state index contributed by atoms with van der Waals surface area (Å²) in [5, 5.41) is 3.00. The topological polar surface area (TPSA) is 29.1 Å². The van der Waals surface area contributed by atoms with Gasteiger partial charge in [-0.25, -0.2) is 0 Å². The molecule has 0 atom stereocenters. The van der Waals surface area contributed by atoms with Crippen LogP contribution in [0.5, 0.6) is 0 Å². The van der Waals surface area contributed by atoms with E-state index in [1.807, 2.05) is 24.3 Å². The summed E-state index contributed by atoms with van der Waals surface area (Å²) < 4.78 is 0. The molecule has 1 aliphatic carbocycles. The number of hydrogen-bond acceptors (Lipinski definition) is 2. The Morgan fingerprint density at radius 3 is 2.57 bits per heavy atom. The smallest absolute Gasteiger partial charge is 0.261 e. The van der Waals surface area contributed by atoms with Crippen molar-refractivity contribution in [3.05, 3.63) is 56.8 Å². The number of amides is 1. The van der Waals surface area contributed by atoms with Crippen molar-refractivity contribution in [2.45, 2.75) is 38.1 Å². The van der Waals surface area contributed by atoms with E-state index in [1.54, 1.807) is 11.3 Å². The molecule has 1 N–H and O–H groups in total. The fourth-order valence-corrected chi connectivity index (χ4v) is 3.97. The number of alkyl halides is 1. The van der Waals surface area contributed by atoms with Gasteiger partial charge < -0.3 is 5.32 Å². The van der Waals surface area contributed by atoms with E-state index in [9.17, 15) is 4.79 Å². The maximum absolute atomic E-state index is 12.2. The van der Waals surface area contributed by atoms with Gasteiger partial charge in [-0.2, -0.15) is 0 Å². The van der Waals surface area contributed by atoms with E-state index < -0.39 is 0 Å². The van der Waals surface area contributed by atoms with Crippen LogP contribution in [-0.4, -0.2) is 5.91 Å². The molecule has 0 spiro atoms. The van der Waals surface area contributed by atoms with Crippen molar-refractivity contribution in [1.29, 1.82) is 0 Å². The number of fused-ring (bicyclic) bond motifs is 1. The average molecular weight is 320 g/mol. The van der Waals surface area contributed by atoms with Gasteiger partial charge in [0.2, 0.25) is 0 Å². The number of aryl methyl sites for hydroxylation is 2. The zero-order valence-electron chi connectivity index (χ0n) is 11.8. The second-order valence-corrected chi connectivity index (χ2v) is 6.80. The van der Waals surface area contributed by atoms with Gasteiger partial charge in [0.25, 0.3) is 5.91 Å². The van der Waals surface area contributed by atoms with Crippen LogP contribution in [0.2, 0.25) is 0 Å². The minimum atomic E-state index is 0.0378. The van der Waals surface area contributed by atoms with Gasteiger partial charge in [-0.05, 0) is 48.4 Å². The zero-order chi connectivity index (χ0) is 14.7. The Bertz CT molecular complexity index is 609. The molecule has 0 saturated carbocycles. The SMILES string of the molecule is O=C(NCc1ccc(CCl)cc1)c1cc2c(s1)CCCC2. The van der Waals surface area contributed by atoms with Crippen molar-refractivity contribution >= 4 is 28.8 Å². The third-order valence-corrected chi connectivity index (χ3v) is 5.40. The molecule has 1 heterocycles. The Balaban J connectivity index is 1.61. The van der Waals surface area contributed by atoms with Gasteiger partial charge in [-0.3, -0.25) is 4.79 Å². The molecule has 0 fully saturated rings. The summed E-state index contributed by atoms with van der Waals surface area (Å²) in [4.78, 5) is 14.5. The van der Waals surface area contributed by atoms with Crippen LogP contribution in [0.25, 0.3) is 0 Å². The predicted molar refractivity (Wildman–Crippen MR) is 88.1 cm³/mol. The zero-order valence-corrected chi connectivity index (χ0v) is 13.4. The number of benzene rings is 1. The average Bonchev–Trinajstić information content (AvgIpc) is 2.97. The van der Waals surface area contributed by atoms with E-state index in [1.165, 1.54) is 23.3 Å². The molecule has 2 aromatic rings. The maximum Gasteiger partial charge on any atom is 0.261 e. The van der Waals surface area contributed by atoms with E-state index >= 15 is 0 Å². The van der Waals surface area contributed by atoms with E-state index in [2.05, 4.69) is 11.4 Å². The third-order valence-electron chi connectivity index (χ3n) is 3.85. The minimum absolute atomic E-state index is 0.0378. The molecule has 2 nitrogen and oxygen atoms in total. The quantitative estimate of drug-likeness (QED) is 0.837. The Hall–Kier alpha value is -1.32. The van der Waals surface area contributed by atoms with Crippen LogP contribution in [0.1, 0.15) is 44.1 Å². The molecule has 3 rings (SSSR count). The first-order valence-corrected chi connectivity index (χ1v) is 8.65. The Kier molecular flexibility index (Phi) is 4.61. The highest BCUT2D eigenvalue weighted by Crippen LogP contribution is 2.29. The lowest BCUT2D eigenvalue weighted by molar-refractivity contribution is 0.0955. The highest BCUT2D eigenvalue weighted by Gasteiger charge is 2.16. The van der Waals surface area contributed by atoms with Gasteiger partial charge in [0.1, 0.15) is 0 Å². The van der Waals surface area contributed by atoms with Crippen molar-refractivity contribution in [1.82, 2.24) is 5.32 Å². The van der Waals surface area contributed by atoms with Gasteiger partial charge >= 0.3 is 0 Å². The normalized spacial score (nSPS) is 13.8. The number of thiophene rings is 1. The highest BCUT2D eigenvalue weighted by atomic mass is 35.5. The molecule has 0 radical (unpaired) electrons. The van der Waals surface area contributed by atoms with E-state index in [4.69, 9.17) is 11.6 Å². The lowest BCUT2D eigenvalue weighted by atomic mass is 9.99. The number of nitrogens with one attached hydrogen (secondary N) is 1. The van der Waals surface area contributed by atoms with Gasteiger partial charge in [-0.15, -0.1) is 22.9 Å². The van der Waals surface area contributed by atoms with Crippen molar-refractivity contribution in [2.75, 3.05) is 0 Å². The van der Waals surface area contributed by atoms with Crippen LogP contribution in [0.3, 0.4) is 0 Å². The molecule has 1 aromatic carbocycles. The Morgan fingerprint density at radius 2 is 1.86 bits per heavy atom. The summed E-state index contributed by atoms with van der Waals surface area (Å²) in [6.45, 7) is 0.559. The monoisotopic (exact) mass is 319 g/mol. The van der Waals surface area contributed by atoms with E-state index in [0.717, 1.165) is 28.8 Å². The van der Waals surface area contributed by atoms with E-state index in [0.29, 0.717) is 12.4 Å². The second-order valence-electron chi connectivity index (χ2n) is 5.40. The van der Waals surface area contributed by atoms with Crippen LogP contribution in [0, 0.1) is 0 Å². The molecule has 0 unspecified atom stereocenters. The number of halogens is 1. The largest absolute Gasteiger partial charge is 0.347 e. The van der Waals surface area contributed by atoms with Crippen LogP contribution >= 0.6 is 22.9 Å². The first-order chi connectivity index (χ1) is 10.3. The molecule has 0 bridgehead atoms. The van der Waals surface area contributed by atoms with Crippen molar-refractivity contribution in [3.8, 4) is 0 Å². The first kappa shape index (κ1) is 14.6. The number of carbonyl (C=O) groups is 1. The van der Waals surface area contributed by atoms with Gasteiger partial charge in [0.05, 0.1) is 4.88 Å². The van der Waals surface area contributed by atoms with Gasteiger partial charge in [0.15, 0.2) is 0 Å². The molecular formula is C17H18ClNOS. The van der Waals surface area contributed by atoms with Crippen LogP contribution < -0.4 is 5.32 Å². The Labute approximate surface area is 134 Å². The molecule has 1 amide bonds. The molecule has 0 saturated heterocycles. The standard InChI is InChI=1S/C17H18ClNOS/c18-10-12-5-7-13(8-6-12)11-19-17(20)16-9-14-3-1-2-4-15(14)21-16/h5-9H,1-4,10-11H2,(H,19,20). The van der Waals surface area contributed by atoms with Crippen molar-refractivity contribution in [2.24, 2.45) is 0 Å². The van der Waals surface area contributed by atoms with Crippen molar-refractivity contribution in [3.63, 3.8) is 0 Å². The van der Waals surface area contributed by atoms with Gasteiger partial charge in [0, 0.05) is 17.3 Å². The molecule has 110 valence electrons. The Morgan fingerprint density at radius 1 is 1.14 bits per heavy atom. The lowest BCUT2D eigenvalue weighted by Crippen LogP contribution is -2.21. The van der Waals surface area contributed by atoms with Gasteiger partial charge in [-0.1, -0.05) is 24.3 Å². The molecule has 0 aliphatic heterocycles. The second kappa shape index (κ2) is 6.63.